The summed E-state index contributed by atoms with van der Waals surface area (Å²) >= 11 is 0. The molecule has 0 heterocycles. The van der Waals surface area contributed by atoms with Gasteiger partial charge in [0.2, 0.25) is 0 Å². The van der Waals surface area contributed by atoms with Crippen molar-refractivity contribution in [3.63, 3.8) is 0 Å². The zero-order valence-corrected chi connectivity index (χ0v) is 18.5. The zero-order valence-electron chi connectivity index (χ0n) is 17.6. The van der Waals surface area contributed by atoms with Gasteiger partial charge in [-0.15, -0.1) is 4.31 Å². The molecule has 0 aliphatic heterocycles. The number of ether oxygens (including phenoxy) is 1. The first-order valence-corrected chi connectivity index (χ1v) is 10.9. The van der Waals surface area contributed by atoms with Crippen LogP contribution in [0, 0.1) is 24.1 Å². The Bertz CT molecular complexity index is 1220. The molecule has 32 heavy (non-hydrogen) atoms. The number of halogens is 1. The molecule has 8 heteroatoms. The number of nitriles is 1. The van der Waals surface area contributed by atoms with Gasteiger partial charge in [0.1, 0.15) is 11.6 Å². The van der Waals surface area contributed by atoms with Gasteiger partial charge in [-0.1, -0.05) is 22.4 Å². The lowest BCUT2D eigenvalue weighted by molar-refractivity contribution is -0.139. The predicted molar refractivity (Wildman–Crippen MR) is 120 cm³/mol. The first-order chi connectivity index (χ1) is 15.3. The van der Waals surface area contributed by atoms with Crippen LogP contribution in [0.2, 0.25) is 0 Å². The largest absolute Gasteiger partial charge is 0.481 e. The number of carboxylic acid groups (broad SMARTS) is 1. The second-order valence-corrected chi connectivity index (χ2v) is 8.97. The maximum atomic E-state index is 13.5. The summed E-state index contributed by atoms with van der Waals surface area (Å²) in [6.45, 7) is 1.45. The highest BCUT2D eigenvalue weighted by atomic mass is 32.2. The summed E-state index contributed by atoms with van der Waals surface area (Å²) in [5, 5.41) is 18.2. The van der Waals surface area contributed by atoms with Gasteiger partial charge >= 0.3 is 5.97 Å². The summed E-state index contributed by atoms with van der Waals surface area (Å²) in [4.78, 5) is 11.5. The van der Waals surface area contributed by atoms with Gasteiger partial charge in [-0.05, 0) is 60.0 Å². The maximum Gasteiger partial charge on any atom is 0.341 e. The number of hydrogen-bond acceptors (Lipinski definition) is 4. The van der Waals surface area contributed by atoms with Crippen molar-refractivity contribution < 1.29 is 23.2 Å². The molecule has 1 unspecified atom stereocenters. The van der Waals surface area contributed by atoms with Crippen molar-refractivity contribution in [2.75, 3.05) is 13.7 Å². The standard InChI is InChI=1S/C24H21FN2O4S/c1-16-10-20(7-8-22(16)25)32(30)27(2)14-18-6-9-23(31-15-24(28)29)21(12-18)19-5-3-4-17(11-19)13-26/h3-12H,14-15H2,1-2H3,(H,28,29)/p+1. The fourth-order valence-corrected chi connectivity index (χ4v) is 4.39. The second-order valence-electron chi connectivity index (χ2n) is 7.23. The average molecular weight is 454 g/mol. The monoisotopic (exact) mass is 453 g/mol. The van der Waals surface area contributed by atoms with Crippen LogP contribution in [0.4, 0.5) is 4.39 Å². The molecule has 0 saturated heterocycles. The number of aryl methyl sites for hydroxylation is 1. The van der Waals surface area contributed by atoms with Crippen LogP contribution < -0.4 is 4.74 Å². The van der Waals surface area contributed by atoms with E-state index in [0.29, 0.717) is 39.4 Å². The van der Waals surface area contributed by atoms with Crippen LogP contribution >= 0.6 is 0 Å². The fourth-order valence-electron chi connectivity index (χ4n) is 3.20. The van der Waals surface area contributed by atoms with Crippen molar-refractivity contribution in [2.24, 2.45) is 0 Å². The second kappa shape index (κ2) is 10.2. The third kappa shape index (κ3) is 5.58. The van der Waals surface area contributed by atoms with E-state index in [2.05, 4.69) is 6.07 Å². The lowest BCUT2D eigenvalue weighted by Crippen LogP contribution is -2.20. The molecule has 1 atom stereocenters. The quantitative estimate of drug-likeness (QED) is 0.407. The van der Waals surface area contributed by atoms with E-state index in [9.17, 15) is 18.7 Å². The van der Waals surface area contributed by atoms with Crippen LogP contribution in [0.5, 0.6) is 5.75 Å². The van der Waals surface area contributed by atoms with Crippen LogP contribution in [0.3, 0.4) is 0 Å². The number of rotatable bonds is 8. The SMILES string of the molecule is Cc1cc([SH+](=O)N(C)Cc2ccc(OCC(=O)O)c(-c3cccc(C#N)c3)c2)ccc1F. The molecule has 3 aromatic carbocycles. The van der Waals surface area contributed by atoms with Crippen molar-refractivity contribution in [3.05, 3.63) is 83.2 Å². The minimum atomic E-state index is -1.92. The molecule has 0 bridgehead atoms. The Morgan fingerprint density at radius 2 is 1.97 bits per heavy atom. The molecular formula is C24H22FN2O4S+. The Hall–Kier alpha value is -3.54. The number of benzene rings is 3. The van der Waals surface area contributed by atoms with Gasteiger partial charge in [-0.25, -0.2) is 9.18 Å². The normalized spacial score (nSPS) is 11.7. The fraction of sp³-hybridized carbons (Fsp3) is 0.167. The molecule has 0 amide bonds. The zero-order chi connectivity index (χ0) is 23.3. The van der Waals surface area contributed by atoms with Crippen LogP contribution in [0.25, 0.3) is 11.1 Å². The molecule has 6 nitrogen and oxygen atoms in total. The highest BCUT2D eigenvalue weighted by Crippen LogP contribution is 2.32. The van der Waals surface area contributed by atoms with Crippen molar-refractivity contribution >= 4 is 17.0 Å². The van der Waals surface area contributed by atoms with Crippen LogP contribution in [0.1, 0.15) is 16.7 Å². The summed E-state index contributed by atoms with van der Waals surface area (Å²) in [5.74, 6) is -1.08. The third-order valence-corrected chi connectivity index (χ3v) is 6.26. The van der Waals surface area contributed by atoms with Gasteiger partial charge < -0.3 is 9.84 Å². The molecule has 164 valence electrons. The highest BCUT2D eigenvalue weighted by Gasteiger charge is 2.20. The molecular weight excluding hydrogens is 431 g/mol. The molecule has 1 N–H and O–H groups in total. The minimum Gasteiger partial charge on any atom is -0.481 e. The van der Waals surface area contributed by atoms with E-state index in [1.54, 1.807) is 60.7 Å². The van der Waals surface area contributed by atoms with Gasteiger partial charge in [0.25, 0.3) is 0 Å². The molecule has 0 saturated carbocycles. The number of carboxylic acids is 1. The van der Waals surface area contributed by atoms with Crippen LogP contribution in [0.15, 0.2) is 65.6 Å². The van der Waals surface area contributed by atoms with Crippen LogP contribution in [-0.4, -0.2) is 29.0 Å². The van der Waals surface area contributed by atoms with Crippen molar-refractivity contribution in [3.8, 4) is 22.9 Å². The Morgan fingerprint density at radius 1 is 1.19 bits per heavy atom. The van der Waals surface area contributed by atoms with Crippen LogP contribution in [-0.2, 0) is 26.5 Å². The molecule has 0 fully saturated rings. The molecule has 0 spiro atoms. The Kier molecular flexibility index (Phi) is 7.36. The van der Waals surface area contributed by atoms with E-state index in [0.717, 1.165) is 5.56 Å². The van der Waals surface area contributed by atoms with E-state index in [-0.39, 0.29) is 5.82 Å². The topological polar surface area (TPSA) is 90.6 Å². The summed E-state index contributed by atoms with van der Waals surface area (Å²) in [5.41, 5.74) is 3.03. The maximum absolute atomic E-state index is 13.5. The first-order valence-electron chi connectivity index (χ1n) is 9.71. The number of hydrogen-bond donors (Lipinski definition) is 1. The van der Waals surface area contributed by atoms with Crippen molar-refractivity contribution in [1.29, 1.82) is 5.26 Å². The predicted octanol–water partition coefficient (Wildman–Crippen LogP) is 4.24. The average Bonchev–Trinajstić information content (AvgIpc) is 2.79. The molecule has 0 aromatic heterocycles. The van der Waals surface area contributed by atoms with Gasteiger partial charge in [0.05, 0.1) is 18.2 Å². The van der Waals surface area contributed by atoms with E-state index in [4.69, 9.17) is 9.84 Å². The molecule has 3 rings (SSSR count). The Balaban J connectivity index is 1.91. The first kappa shape index (κ1) is 23.1. The molecule has 0 aliphatic rings. The smallest absolute Gasteiger partial charge is 0.341 e. The number of carbonyl (C=O) groups is 1. The number of thiol groups is 1. The summed E-state index contributed by atoms with van der Waals surface area (Å²) in [6.07, 6.45) is 0. The third-order valence-electron chi connectivity index (χ3n) is 4.78. The molecule has 0 radical (unpaired) electrons. The van der Waals surface area contributed by atoms with Gasteiger partial charge in [-0.3, -0.25) is 0 Å². The van der Waals surface area contributed by atoms with Gasteiger partial charge in [0.15, 0.2) is 22.5 Å². The number of aliphatic carboxylic acids is 1. The highest BCUT2D eigenvalue weighted by molar-refractivity contribution is 7.82. The molecule has 3 aromatic rings. The van der Waals surface area contributed by atoms with Crippen molar-refractivity contribution in [2.45, 2.75) is 18.4 Å². The summed E-state index contributed by atoms with van der Waals surface area (Å²) in [6, 6.07) is 18.6. The lowest BCUT2D eigenvalue weighted by atomic mass is 10.00. The van der Waals surface area contributed by atoms with Crippen molar-refractivity contribution in [1.82, 2.24) is 4.31 Å². The Labute approximate surface area is 188 Å². The van der Waals surface area contributed by atoms with Gasteiger partial charge in [0, 0.05) is 18.7 Å². The molecule has 0 aliphatic carbocycles. The summed E-state index contributed by atoms with van der Waals surface area (Å²) in [7, 11) is -0.209. The number of nitrogens with zero attached hydrogens (tertiary/aromatic N) is 2. The van der Waals surface area contributed by atoms with E-state index < -0.39 is 23.6 Å². The summed E-state index contributed by atoms with van der Waals surface area (Å²) < 4.78 is 33.6. The van der Waals surface area contributed by atoms with E-state index in [1.165, 1.54) is 12.1 Å². The van der Waals surface area contributed by atoms with E-state index in [1.807, 2.05) is 6.07 Å². The minimum absolute atomic E-state index is 0.329. The van der Waals surface area contributed by atoms with E-state index >= 15 is 0 Å². The van der Waals surface area contributed by atoms with Gasteiger partial charge in [-0.2, -0.15) is 5.26 Å². The Morgan fingerprint density at radius 3 is 2.66 bits per heavy atom. The lowest BCUT2D eigenvalue weighted by Gasteiger charge is -2.15.